The molecule has 0 radical (unpaired) electrons. The molecule has 0 spiro atoms. The number of hydrogen-bond acceptors (Lipinski definition) is 5. The number of carboxylic acid groups (broad SMARTS) is 1. The summed E-state index contributed by atoms with van der Waals surface area (Å²) in [5, 5.41) is 12.7. The summed E-state index contributed by atoms with van der Waals surface area (Å²) in [6.07, 6.45) is 4.16. The average molecular weight is 225 g/mol. The molecule has 2 N–H and O–H groups in total. The van der Waals surface area contributed by atoms with Crippen molar-refractivity contribution in [2.45, 2.75) is 19.4 Å². The van der Waals surface area contributed by atoms with Crippen LogP contribution < -0.4 is 5.32 Å². The van der Waals surface area contributed by atoms with E-state index in [-0.39, 0.29) is 12.0 Å². The van der Waals surface area contributed by atoms with Crippen LogP contribution in [0.2, 0.25) is 0 Å². The lowest BCUT2D eigenvalue weighted by Gasteiger charge is -2.09. The molecule has 2 unspecified atom stereocenters. The van der Waals surface area contributed by atoms with Gasteiger partial charge in [-0.05, 0) is 13.3 Å². The molecule has 1 heterocycles. The lowest BCUT2D eigenvalue weighted by molar-refractivity contribution is -0.140. The highest BCUT2D eigenvalue weighted by Crippen LogP contribution is 2.22. The van der Waals surface area contributed by atoms with E-state index in [1.54, 1.807) is 6.08 Å². The minimum absolute atomic E-state index is 0.0541. The number of rotatable bonds is 3. The third-order valence-electron chi connectivity index (χ3n) is 2.24. The zero-order chi connectivity index (χ0) is 10.8. The largest absolute Gasteiger partial charge is 0.481 e. The van der Waals surface area contributed by atoms with Crippen LogP contribution in [-0.4, -0.2) is 26.5 Å². The summed E-state index contributed by atoms with van der Waals surface area (Å²) in [6, 6.07) is 0.0541. The van der Waals surface area contributed by atoms with E-state index in [0.29, 0.717) is 6.42 Å². The van der Waals surface area contributed by atoms with Crippen LogP contribution in [0.15, 0.2) is 12.2 Å². The lowest BCUT2D eigenvalue weighted by Crippen LogP contribution is -2.18. The zero-order valence-electron chi connectivity index (χ0n) is 8.17. The molecule has 1 aliphatic carbocycles. The quantitative estimate of drug-likeness (QED) is 0.758. The number of aliphatic carboxylic acids is 1. The van der Waals surface area contributed by atoms with Gasteiger partial charge in [-0.1, -0.05) is 12.2 Å². The molecule has 6 heteroatoms. The second-order valence-corrected chi connectivity index (χ2v) is 4.21. The second-order valence-electron chi connectivity index (χ2n) is 3.46. The Labute approximate surface area is 91.0 Å². The van der Waals surface area contributed by atoms with Crippen LogP contribution in [0.25, 0.3) is 0 Å². The van der Waals surface area contributed by atoms with Gasteiger partial charge in [0.2, 0.25) is 5.13 Å². The van der Waals surface area contributed by atoms with Crippen molar-refractivity contribution in [2.75, 3.05) is 5.32 Å². The van der Waals surface area contributed by atoms with Gasteiger partial charge in [-0.3, -0.25) is 4.79 Å². The molecule has 80 valence electrons. The van der Waals surface area contributed by atoms with Crippen LogP contribution in [0.1, 0.15) is 12.2 Å². The maximum Gasteiger partial charge on any atom is 0.310 e. The first kappa shape index (κ1) is 10.1. The van der Waals surface area contributed by atoms with Crippen molar-refractivity contribution in [3.8, 4) is 0 Å². The third kappa shape index (κ3) is 2.33. The SMILES string of the molecule is Cc1nsc(NC2C=CC(C(=O)O)C2)n1. The molecule has 0 bridgehead atoms. The number of aromatic nitrogens is 2. The Kier molecular flexibility index (Phi) is 2.68. The van der Waals surface area contributed by atoms with Crippen LogP contribution in [0.5, 0.6) is 0 Å². The second kappa shape index (κ2) is 3.98. The van der Waals surface area contributed by atoms with E-state index in [4.69, 9.17) is 5.11 Å². The highest BCUT2D eigenvalue weighted by molar-refractivity contribution is 7.09. The van der Waals surface area contributed by atoms with E-state index in [1.165, 1.54) is 11.5 Å². The molecule has 0 saturated heterocycles. The Morgan fingerprint density at radius 1 is 1.67 bits per heavy atom. The summed E-state index contributed by atoms with van der Waals surface area (Å²) >= 11 is 1.29. The predicted octanol–water partition coefficient (Wildman–Crippen LogP) is 1.29. The van der Waals surface area contributed by atoms with Crippen LogP contribution in [0.4, 0.5) is 5.13 Å². The van der Waals surface area contributed by atoms with Gasteiger partial charge >= 0.3 is 5.97 Å². The number of aryl methyl sites for hydroxylation is 1. The van der Waals surface area contributed by atoms with Crippen LogP contribution in [0.3, 0.4) is 0 Å². The fourth-order valence-corrected chi connectivity index (χ4v) is 2.14. The normalized spacial score (nSPS) is 24.3. The van der Waals surface area contributed by atoms with Crippen LogP contribution >= 0.6 is 11.5 Å². The molecule has 0 aromatic carbocycles. The molecule has 0 amide bonds. The van der Waals surface area contributed by atoms with Crippen LogP contribution in [0, 0.1) is 12.8 Å². The first-order valence-corrected chi connectivity index (χ1v) is 5.40. The summed E-state index contributed by atoms with van der Waals surface area (Å²) in [6.45, 7) is 1.83. The molecule has 1 aliphatic rings. The highest BCUT2D eigenvalue weighted by Gasteiger charge is 2.24. The molecular weight excluding hydrogens is 214 g/mol. The Balaban J connectivity index is 1.93. The molecule has 0 fully saturated rings. The molecule has 0 aliphatic heterocycles. The number of carbonyl (C=O) groups is 1. The van der Waals surface area contributed by atoms with Crippen molar-refractivity contribution < 1.29 is 9.90 Å². The van der Waals surface area contributed by atoms with Gasteiger partial charge in [0, 0.05) is 17.6 Å². The molecule has 1 aromatic heterocycles. The van der Waals surface area contributed by atoms with E-state index in [0.717, 1.165) is 11.0 Å². The number of hydrogen-bond donors (Lipinski definition) is 2. The summed E-state index contributed by atoms with van der Waals surface area (Å²) in [7, 11) is 0. The molecule has 15 heavy (non-hydrogen) atoms. The summed E-state index contributed by atoms with van der Waals surface area (Å²) < 4.78 is 4.04. The zero-order valence-corrected chi connectivity index (χ0v) is 8.99. The minimum atomic E-state index is -0.774. The highest BCUT2D eigenvalue weighted by atomic mass is 32.1. The molecule has 0 saturated carbocycles. The summed E-state index contributed by atoms with van der Waals surface area (Å²) in [5.74, 6) is -0.417. The van der Waals surface area contributed by atoms with E-state index >= 15 is 0 Å². The first-order valence-electron chi connectivity index (χ1n) is 4.63. The maximum absolute atomic E-state index is 10.7. The lowest BCUT2D eigenvalue weighted by atomic mass is 10.1. The van der Waals surface area contributed by atoms with Gasteiger partial charge in [0.25, 0.3) is 0 Å². The number of nitrogens with zero attached hydrogens (tertiary/aromatic N) is 2. The van der Waals surface area contributed by atoms with E-state index < -0.39 is 5.97 Å². The molecule has 2 atom stereocenters. The Morgan fingerprint density at radius 3 is 3.00 bits per heavy atom. The number of nitrogens with one attached hydrogen (secondary N) is 1. The van der Waals surface area contributed by atoms with Crippen molar-refractivity contribution >= 4 is 22.6 Å². The topological polar surface area (TPSA) is 75.1 Å². The summed E-state index contributed by atoms with van der Waals surface area (Å²) in [4.78, 5) is 14.9. The maximum atomic E-state index is 10.7. The average Bonchev–Trinajstić information content (AvgIpc) is 2.76. The molecule has 5 nitrogen and oxygen atoms in total. The van der Waals surface area contributed by atoms with Crippen molar-refractivity contribution in [1.82, 2.24) is 9.36 Å². The van der Waals surface area contributed by atoms with Gasteiger partial charge in [0.1, 0.15) is 5.82 Å². The van der Waals surface area contributed by atoms with Crippen molar-refractivity contribution in [2.24, 2.45) is 5.92 Å². The standard InChI is InChI=1S/C9H11N3O2S/c1-5-10-9(15-12-5)11-7-3-2-6(4-7)8(13)14/h2-3,6-7H,4H2,1H3,(H,13,14)(H,10,11,12). The monoisotopic (exact) mass is 225 g/mol. The Morgan fingerprint density at radius 2 is 2.47 bits per heavy atom. The number of carboxylic acids is 1. The van der Waals surface area contributed by atoms with E-state index in [9.17, 15) is 4.79 Å². The molecule has 2 rings (SSSR count). The van der Waals surface area contributed by atoms with Crippen molar-refractivity contribution in [3.63, 3.8) is 0 Å². The Bertz CT molecular complexity index is 402. The van der Waals surface area contributed by atoms with Gasteiger partial charge in [-0.15, -0.1) is 0 Å². The van der Waals surface area contributed by atoms with Crippen LogP contribution in [-0.2, 0) is 4.79 Å². The van der Waals surface area contributed by atoms with Gasteiger partial charge in [0.15, 0.2) is 0 Å². The summed E-state index contributed by atoms with van der Waals surface area (Å²) in [5.41, 5.74) is 0. The van der Waals surface area contributed by atoms with E-state index in [2.05, 4.69) is 14.7 Å². The third-order valence-corrected chi connectivity index (χ3v) is 2.97. The molecular formula is C9H11N3O2S. The Hall–Kier alpha value is -1.43. The predicted molar refractivity (Wildman–Crippen MR) is 56.9 cm³/mol. The molecule has 1 aromatic rings. The minimum Gasteiger partial charge on any atom is -0.481 e. The van der Waals surface area contributed by atoms with Gasteiger partial charge in [0.05, 0.1) is 5.92 Å². The van der Waals surface area contributed by atoms with Gasteiger partial charge in [-0.2, -0.15) is 4.37 Å². The smallest absolute Gasteiger partial charge is 0.310 e. The van der Waals surface area contributed by atoms with E-state index in [1.807, 2.05) is 13.0 Å². The number of anilines is 1. The van der Waals surface area contributed by atoms with Gasteiger partial charge < -0.3 is 10.4 Å². The van der Waals surface area contributed by atoms with Gasteiger partial charge in [-0.25, -0.2) is 4.98 Å². The van der Waals surface area contributed by atoms with Crippen molar-refractivity contribution in [1.29, 1.82) is 0 Å². The van der Waals surface area contributed by atoms with Crippen molar-refractivity contribution in [3.05, 3.63) is 18.0 Å². The fraction of sp³-hybridized carbons (Fsp3) is 0.444. The first-order chi connectivity index (χ1) is 7.15. The fourth-order valence-electron chi connectivity index (χ4n) is 1.50.